The molecule has 2 aromatic rings. The van der Waals surface area contributed by atoms with Crippen LogP contribution in [0.5, 0.6) is 5.75 Å². The number of benzene rings is 2. The van der Waals surface area contributed by atoms with Gasteiger partial charge in [-0.15, -0.1) is 0 Å². The van der Waals surface area contributed by atoms with E-state index in [0.717, 1.165) is 5.69 Å². The first kappa shape index (κ1) is 17.2. The van der Waals surface area contributed by atoms with Crippen molar-refractivity contribution in [2.75, 3.05) is 23.8 Å². The van der Waals surface area contributed by atoms with Crippen molar-refractivity contribution < 1.29 is 9.53 Å². The fourth-order valence-corrected chi connectivity index (χ4v) is 2.39. The minimum atomic E-state index is -0.208. The van der Waals surface area contributed by atoms with Gasteiger partial charge >= 0.3 is 0 Å². The topological polar surface area (TPSA) is 50.4 Å². The monoisotopic (exact) mass is 350 g/mol. The quantitative estimate of drug-likeness (QED) is 0.717. The van der Waals surface area contributed by atoms with Crippen molar-refractivity contribution in [3.63, 3.8) is 0 Å². The lowest BCUT2D eigenvalue weighted by Gasteiger charge is -2.10. The number of halogens is 2. The van der Waals surface area contributed by atoms with Crippen molar-refractivity contribution in [2.45, 2.75) is 0 Å². The largest absolute Gasteiger partial charge is 0.489 e. The predicted molar refractivity (Wildman–Crippen MR) is 95.7 cm³/mol. The van der Waals surface area contributed by atoms with E-state index >= 15 is 0 Å². The summed E-state index contributed by atoms with van der Waals surface area (Å²) in [7, 11) is 0. The van der Waals surface area contributed by atoms with Gasteiger partial charge in [0.15, 0.2) is 0 Å². The number of nitrogens with one attached hydrogen (secondary N) is 2. The molecule has 23 heavy (non-hydrogen) atoms. The average Bonchev–Trinajstić information content (AvgIpc) is 2.50. The van der Waals surface area contributed by atoms with Gasteiger partial charge in [-0.1, -0.05) is 41.9 Å². The molecule has 4 nitrogen and oxygen atoms in total. The van der Waals surface area contributed by atoms with Gasteiger partial charge in [0, 0.05) is 27.5 Å². The van der Waals surface area contributed by atoms with E-state index in [1.54, 1.807) is 24.3 Å². The Morgan fingerprint density at radius 1 is 1.13 bits per heavy atom. The molecule has 0 radical (unpaired) electrons. The summed E-state index contributed by atoms with van der Waals surface area (Å²) in [6.45, 7) is 4.13. The molecular weight excluding hydrogens is 335 g/mol. The fraction of sp³-hybridized carbons (Fsp3) is 0.118. The maximum absolute atomic E-state index is 12.0. The summed E-state index contributed by atoms with van der Waals surface area (Å²) in [5.41, 5.74) is 1.34. The van der Waals surface area contributed by atoms with E-state index in [1.165, 1.54) is 0 Å². The van der Waals surface area contributed by atoms with Gasteiger partial charge in [-0.2, -0.15) is 0 Å². The van der Waals surface area contributed by atoms with Crippen LogP contribution in [0, 0.1) is 0 Å². The lowest BCUT2D eigenvalue weighted by atomic mass is 10.3. The SMILES string of the molecule is C=CCOc1cccc(NCC(=O)Nc2cc(Cl)cc(Cl)c2)c1. The molecule has 0 aliphatic rings. The highest BCUT2D eigenvalue weighted by atomic mass is 35.5. The average molecular weight is 351 g/mol. The lowest BCUT2D eigenvalue weighted by Crippen LogP contribution is -2.21. The summed E-state index contributed by atoms with van der Waals surface area (Å²) in [5.74, 6) is 0.498. The molecule has 0 aromatic heterocycles. The summed E-state index contributed by atoms with van der Waals surface area (Å²) in [4.78, 5) is 12.0. The van der Waals surface area contributed by atoms with Gasteiger partial charge in [-0.3, -0.25) is 4.79 Å². The van der Waals surface area contributed by atoms with Crippen LogP contribution in [0.25, 0.3) is 0 Å². The molecule has 0 heterocycles. The molecule has 2 rings (SSSR count). The smallest absolute Gasteiger partial charge is 0.243 e. The van der Waals surface area contributed by atoms with Crippen LogP contribution in [0.1, 0.15) is 0 Å². The Kier molecular flexibility index (Phi) is 6.32. The van der Waals surface area contributed by atoms with Gasteiger partial charge in [0.25, 0.3) is 0 Å². The van der Waals surface area contributed by atoms with Crippen LogP contribution in [0.3, 0.4) is 0 Å². The standard InChI is InChI=1S/C17H16Cl2N2O2/c1-2-6-23-16-5-3-4-14(10-16)20-11-17(22)21-15-8-12(18)7-13(19)9-15/h2-5,7-10,20H,1,6,11H2,(H,21,22). The Morgan fingerprint density at radius 3 is 2.57 bits per heavy atom. The van der Waals surface area contributed by atoms with Crippen molar-refractivity contribution in [2.24, 2.45) is 0 Å². The Morgan fingerprint density at radius 2 is 1.87 bits per heavy atom. The highest BCUT2D eigenvalue weighted by Gasteiger charge is 2.05. The van der Waals surface area contributed by atoms with Crippen molar-refractivity contribution in [1.29, 1.82) is 0 Å². The van der Waals surface area contributed by atoms with E-state index in [4.69, 9.17) is 27.9 Å². The molecule has 2 N–H and O–H groups in total. The van der Waals surface area contributed by atoms with Crippen LogP contribution >= 0.6 is 23.2 Å². The van der Waals surface area contributed by atoms with E-state index in [1.807, 2.05) is 24.3 Å². The summed E-state index contributed by atoms with van der Waals surface area (Å²) in [6.07, 6.45) is 1.67. The normalized spacial score (nSPS) is 10.0. The second-order valence-corrected chi connectivity index (χ2v) is 5.56. The summed E-state index contributed by atoms with van der Waals surface area (Å²) in [6, 6.07) is 12.2. The third kappa shape index (κ3) is 5.85. The Bertz CT molecular complexity index is 684. The molecule has 0 aliphatic carbocycles. The number of carbonyl (C=O) groups excluding carboxylic acids is 1. The Labute approximate surface area is 145 Å². The summed E-state index contributed by atoms with van der Waals surface area (Å²) >= 11 is 11.8. The Balaban J connectivity index is 1.90. The Hall–Kier alpha value is -2.17. The van der Waals surface area contributed by atoms with Crippen molar-refractivity contribution in [3.8, 4) is 5.75 Å². The predicted octanol–water partition coefficient (Wildman–Crippen LogP) is 4.61. The van der Waals surface area contributed by atoms with Gasteiger partial charge in [-0.25, -0.2) is 0 Å². The number of amides is 1. The first-order valence-corrected chi connectivity index (χ1v) is 7.66. The van der Waals surface area contributed by atoms with Gasteiger partial charge in [0.1, 0.15) is 12.4 Å². The number of anilines is 2. The first-order chi connectivity index (χ1) is 11.1. The van der Waals surface area contributed by atoms with E-state index in [0.29, 0.717) is 28.1 Å². The molecule has 0 saturated heterocycles. The van der Waals surface area contributed by atoms with Gasteiger partial charge in [0.05, 0.1) is 6.54 Å². The van der Waals surface area contributed by atoms with Crippen LogP contribution in [0.4, 0.5) is 11.4 Å². The van der Waals surface area contributed by atoms with Crippen LogP contribution in [0.2, 0.25) is 10.0 Å². The van der Waals surface area contributed by atoms with E-state index in [9.17, 15) is 4.79 Å². The van der Waals surface area contributed by atoms with Crippen LogP contribution in [-0.4, -0.2) is 19.1 Å². The molecule has 0 spiro atoms. The van der Waals surface area contributed by atoms with E-state index < -0.39 is 0 Å². The highest BCUT2D eigenvalue weighted by molar-refractivity contribution is 6.35. The molecular formula is C17H16Cl2N2O2. The van der Waals surface area contributed by atoms with Crippen molar-refractivity contribution in [1.82, 2.24) is 0 Å². The fourth-order valence-electron chi connectivity index (χ4n) is 1.86. The zero-order chi connectivity index (χ0) is 16.7. The van der Waals surface area contributed by atoms with Crippen molar-refractivity contribution >= 4 is 40.5 Å². The van der Waals surface area contributed by atoms with Crippen molar-refractivity contribution in [3.05, 3.63) is 65.2 Å². The minimum Gasteiger partial charge on any atom is -0.489 e. The molecule has 0 saturated carbocycles. The van der Waals surface area contributed by atoms with Gasteiger partial charge in [0.2, 0.25) is 5.91 Å². The molecule has 120 valence electrons. The molecule has 0 fully saturated rings. The molecule has 0 unspecified atom stereocenters. The molecule has 0 atom stereocenters. The summed E-state index contributed by atoms with van der Waals surface area (Å²) in [5, 5.41) is 6.69. The zero-order valence-electron chi connectivity index (χ0n) is 12.3. The second kappa shape index (κ2) is 8.46. The van der Waals surface area contributed by atoms with Gasteiger partial charge < -0.3 is 15.4 Å². The van der Waals surface area contributed by atoms with Crippen LogP contribution < -0.4 is 15.4 Å². The van der Waals surface area contributed by atoms with Crippen LogP contribution in [0.15, 0.2) is 55.1 Å². The molecule has 0 aliphatic heterocycles. The molecule has 0 bridgehead atoms. The van der Waals surface area contributed by atoms with E-state index in [2.05, 4.69) is 17.2 Å². The second-order valence-electron chi connectivity index (χ2n) is 4.69. The third-order valence-electron chi connectivity index (χ3n) is 2.80. The van der Waals surface area contributed by atoms with E-state index in [-0.39, 0.29) is 12.5 Å². The molecule has 2 aromatic carbocycles. The first-order valence-electron chi connectivity index (χ1n) is 6.90. The lowest BCUT2D eigenvalue weighted by molar-refractivity contribution is -0.114. The number of hydrogen-bond acceptors (Lipinski definition) is 3. The maximum atomic E-state index is 12.0. The number of ether oxygens (including phenoxy) is 1. The highest BCUT2D eigenvalue weighted by Crippen LogP contribution is 2.22. The van der Waals surface area contributed by atoms with Crippen LogP contribution in [-0.2, 0) is 4.79 Å². The van der Waals surface area contributed by atoms with Gasteiger partial charge in [-0.05, 0) is 30.3 Å². The molecule has 6 heteroatoms. The number of rotatable bonds is 7. The maximum Gasteiger partial charge on any atom is 0.243 e. The summed E-state index contributed by atoms with van der Waals surface area (Å²) < 4.78 is 5.44. The number of hydrogen-bond donors (Lipinski definition) is 2. The number of carbonyl (C=O) groups is 1. The zero-order valence-corrected chi connectivity index (χ0v) is 13.8. The minimum absolute atomic E-state index is 0.106. The molecule has 1 amide bonds. The third-order valence-corrected chi connectivity index (χ3v) is 3.24.